The van der Waals surface area contributed by atoms with E-state index in [9.17, 15) is 24.6 Å². The van der Waals surface area contributed by atoms with Crippen LogP contribution in [0.5, 0.6) is 0 Å². The summed E-state index contributed by atoms with van der Waals surface area (Å²) in [5.74, 6) is -0.0321. The lowest BCUT2D eigenvalue weighted by Gasteiger charge is -2.39. The van der Waals surface area contributed by atoms with Crippen LogP contribution >= 0.6 is 34.7 Å². The minimum Gasteiger partial charge on any atom is -0.391 e. The van der Waals surface area contributed by atoms with Gasteiger partial charge in [0.15, 0.2) is 5.82 Å². The Morgan fingerprint density at radius 2 is 1.74 bits per heavy atom. The number of nitrogens with two attached hydrogens (primary N) is 1. The first-order valence-corrected chi connectivity index (χ1v) is 28.5. The predicted molar refractivity (Wildman–Crippen MR) is 290 cm³/mol. The van der Waals surface area contributed by atoms with Gasteiger partial charge in [0.2, 0.25) is 17.7 Å². The van der Waals surface area contributed by atoms with Gasteiger partial charge in [0.05, 0.1) is 51.7 Å². The van der Waals surface area contributed by atoms with Crippen molar-refractivity contribution in [2.75, 3.05) is 81.8 Å². The van der Waals surface area contributed by atoms with Crippen LogP contribution in [-0.4, -0.2) is 162 Å². The Bertz CT molecular complexity index is 2850. The number of halogens is 2. The zero-order valence-corrected chi connectivity index (χ0v) is 46.3. The summed E-state index contributed by atoms with van der Waals surface area (Å²) >= 11 is 9.78. The summed E-state index contributed by atoms with van der Waals surface area (Å²) in [5, 5.41) is 33.7. The molecule has 76 heavy (non-hydrogen) atoms. The summed E-state index contributed by atoms with van der Waals surface area (Å²) in [6, 6.07) is 4.56. The highest BCUT2D eigenvalue weighted by Crippen LogP contribution is 2.40. The first kappa shape index (κ1) is 55.4. The van der Waals surface area contributed by atoms with E-state index in [0.29, 0.717) is 116 Å². The SMILES string of the molecule is Cc1cn([C@H](C(=O)N2C[C@H](O)C[C@H]2C(=O)N[C@@H](CCN2CCN(C(=O)C3CCN(c4nccc(Sc5cnc(N6CCC(C)(CN)CC6)c(CO)n5)c4Cl)CC3)CC2)c2ccc(-c3scnc3C)c(F)c2)C(C)C)nn1. The highest BCUT2D eigenvalue weighted by Gasteiger charge is 2.43. The molecule has 0 spiro atoms. The molecule has 408 valence electrons. The standard InChI is InChI=1S/C53H70ClFN14O5S2/c1-32(2)46(69-27-33(3)62-63-69)52(74)68-28-37(71)25-42(68)50(72)61-40(36-6-7-38(39(55)24-36)47-34(4)59-31-75-47)11-15-64-20-22-67(23-21-64)51(73)35-9-16-65(17-10-35)49-45(54)43(8-14-57-49)76-44-26-58-48(41(29-70)60-44)66-18-12-53(5,30-56)13-19-66/h6-8,14,24,26-27,31-32,35,37,40,42,46,70-71H,9-13,15-23,25,28-30,56H2,1-5H3,(H,61,72)/t37-,40+,42+,46+/m1/s1. The number of nitrogens with one attached hydrogen (secondary N) is 1. The van der Waals surface area contributed by atoms with Crippen molar-refractivity contribution >= 4 is 64.1 Å². The topological polar surface area (TPSA) is 228 Å². The lowest BCUT2D eigenvalue weighted by molar-refractivity contribution is -0.142. The number of hydrogen-bond acceptors (Lipinski definition) is 17. The Kier molecular flexibility index (Phi) is 17.6. The quantitative estimate of drug-likeness (QED) is 0.0879. The molecule has 0 aliphatic carbocycles. The van der Waals surface area contributed by atoms with E-state index in [4.69, 9.17) is 27.3 Å². The molecule has 3 amide bonds. The number of likely N-dealkylation sites (tertiary alicyclic amines) is 1. The molecule has 0 bridgehead atoms. The van der Waals surface area contributed by atoms with E-state index >= 15 is 4.39 Å². The number of rotatable bonds is 17. The maximum atomic E-state index is 16.0. The Balaban J connectivity index is 0.802. The molecule has 5 aromatic rings. The van der Waals surface area contributed by atoms with Crippen molar-refractivity contribution in [3.05, 3.63) is 81.9 Å². The number of nitrogens with zero attached hydrogens (tertiary/aromatic N) is 12. The number of hydrogen-bond donors (Lipinski definition) is 4. The minimum atomic E-state index is -0.954. The first-order valence-electron chi connectivity index (χ1n) is 26.4. The number of anilines is 2. The van der Waals surface area contributed by atoms with Gasteiger partial charge >= 0.3 is 0 Å². The second-order valence-corrected chi connectivity index (χ2v) is 23.7. The van der Waals surface area contributed by atoms with Crippen LogP contribution in [0.4, 0.5) is 16.0 Å². The molecule has 4 saturated heterocycles. The van der Waals surface area contributed by atoms with Crippen LogP contribution in [0, 0.1) is 36.9 Å². The van der Waals surface area contributed by atoms with Gasteiger partial charge in [0.25, 0.3) is 0 Å². The van der Waals surface area contributed by atoms with Crippen LogP contribution in [0.2, 0.25) is 5.02 Å². The number of pyridine rings is 1. The normalized spacial score (nSPS) is 20.4. The Labute approximate surface area is 456 Å². The smallest absolute Gasteiger partial charge is 0.248 e. The van der Waals surface area contributed by atoms with Gasteiger partial charge in [-0.05, 0) is 81.5 Å². The molecule has 8 heterocycles. The lowest BCUT2D eigenvalue weighted by Crippen LogP contribution is -2.52. The van der Waals surface area contributed by atoms with Crippen LogP contribution in [0.3, 0.4) is 0 Å². The van der Waals surface area contributed by atoms with Crippen molar-refractivity contribution in [1.29, 1.82) is 0 Å². The van der Waals surface area contributed by atoms with Crippen molar-refractivity contribution in [1.82, 2.24) is 54.9 Å². The molecule has 4 aromatic heterocycles. The molecule has 9 rings (SSSR count). The number of β-amino-alcohol motifs (C(OH)–C–C–N with tert-alkyl or cyclic N) is 1. The number of thiazole rings is 1. The van der Waals surface area contributed by atoms with Gasteiger partial charge in [-0.1, -0.05) is 61.5 Å². The highest BCUT2D eigenvalue weighted by atomic mass is 35.5. The number of benzene rings is 1. The van der Waals surface area contributed by atoms with Crippen molar-refractivity contribution < 1.29 is 29.0 Å². The Hall–Kier alpha value is -5.36. The number of aliphatic hydroxyl groups is 2. The fourth-order valence-electron chi connectivity index (χ4n) is 11.0. The van der Waals surface area contributed by atoms with Crippen LogP contribution < -0.4 is 20.9 Å². The molecule has 0 radical (unpaired) electrons. The summed E-state index contributed by atoms with van der Waals surface area (Å²) in [6.07, 6.45) is 7.94. The molecule has 4 fully saturated rings. The zero-order chi connectivity index (χ0) is 53.8. The van der Waals surface area contributed by atoms with E-state index in [2.05, 4.69) is 47.2 Å². The van der Waals surface area contributed by atoms with Gasteiger partial charge in [0, 0.05) is 101 Å². The van der Waals surface area contributed by atoms with Gasteiger partial charge in [-0.2, -0.15) is 0 Å². The Morgan fingerprint density at radius 3 is 2.38 bits per heavy atom. The number of carbonyl (C=O) groups excluding carboxylic acids is 3. The third-order valence-corrected chi connectivity index (χ3v) is 18.1. The van der Waals surface area contributed by atoms with Crippen molar-refractivity contribution in [3.8, 4) is 10.4 Å². The number of aromatic nitrogens is 7. The molecule has 4 atom stereocenters. The van der Waals surface area contributed by atoms with Crippen molar-refractivity contribution in [2.45, 2.75) is 114 Å². The van der Waals surface area contributed by atoms with Crippen LogP contribution in [0.15, 0.2) is 58.3 Å². The third-order valence-electron chi connectivity index (χ3n) is 15.7. The molecule has 19 nitrogen and oxygen atoms in total. The molecule has 4 aliphatic heterocycles. The van der Waals surface area contributed by atoms with Gasteiger partial charge in [0.1, 0.15) is 34.4 Å². The van der Waals surface area contributed by atoms with E-state index in [1.54, 1.807) is 37.1 Å². The highest BCUT2D eigenvalue weighted by molar-refractivity contribution is 7.99. The maximum absolute atomic E-state index is 16.0. The van der Waals surface area contributed by atoms with Gasteiger partial charge in [-0.25, -0.2) is 29.0 Å². The average Bonchev–Trinajstić information content (AvgIpc) is 4.18. The fraction of sp³-hybridized carbons (Fsp3) is 0.566. The van der Waals surface area contributed by atoms with Gasteiger partial charge < -0.3 is 40.9 Å². The molecule has 4 aliphatic rings. The minimum absolute atomic E-state index is 0.00684. The molecule has 23 heteroatoms. The van der Waals surface area contributed by atoms with Gasteiger partial charge in [-0.3, -0.25) is 19.3 Å². The van der Waals surface area contributed by atoms with E-state index in [1.165, 1.54) is 38.7 Å². The summed E-state index contributed by atoms with van der Waals surface area (Å²) < 4.78 is 17.5. The number of piperazine rings is 1. The summed E-state index contributed by atoms with van der Waals surface area (Å²) in [7, 11) is 0. The number of aryl methyl sites for hydroxylation is 2. The van der Waals surface area contributed by atoms with Crippen molar-refractivity contribution in [2.24, 2.45) is 23.0 Å². The van der Waals surface area contributed by atoms with E-state index in [0.717, 1.165) is 41.4 Å². The second-order valence-electron chi connectivity index (χ2n) is 21.4. The van der Waals surface area contributed by atoms with Crippen LogP contribution in [-0.2, 0) is 21.0 Å². The first-order chi connectivity index (χ1) is 36.5. The Morgan fingerprint density at radius 1 is 1.00 bits per heavy atom. The van der Waals surface area contributed by atoms with Gasteiger partial charge in [-0.15, -0.1) is 16.4 Å². The zero-order valence-electron chi connectivity index (χ0n) is 43.9. The van der Waals surface area contributed by atoms with E-state index in [1.807, 2.05) is 37.8 Å². The molecule has 1 aromatic carbocycles. The lowest BCUT2D eigenvalue weighted by atomic mass is 9.80. The molecular formula is C53H70ClFN14O5S2. The number of aliphatic hydroxyl groups excluding tert-OH is 2. The molecule has 0 saturated carbocycles. The molecule has 5 N–H and O–H groups in total. The summed E-state index contributed by atoms with van der Waals surface area (Å²) in [6.45, 7) is 15.8. The van der Waals surface area contributed by atoms with E-state index < -0.39 is 36.0 Å². The van der Waals surface area contributed by atoms with Crippen LogP contribution in [0.25, 0.3) is 10.4 Å². The fourth-order valence-corrected chi connectivity index (χ4v) is 13.0. The van der Waals surface area contributed by atoms with Crippen LogP contribution in [0.1, 0.15) is 94.0 Å². The summed E-state index contributed by atoms with van der Waals surface area (Å²) in [5.41, 5.74) is 10.7. The number of carbonyl (C=O) groups is 3. The largest absolute Gasteiger partial charge is 0.391 e. The number of piperidine rings is 2. The van der Waals surface area contributed by atoms with Crippen molar-refractivity contribution in [3.63, 3.8) is 0 Å². The molecule has 0 unspecified atom stereocenters. The predicted octanol–water partition coefficient (Wildman–Crippen LogP) is 5.67. The second kappa shape index (κ2) is 24.1. The third kappa shape index (κ3) is 12.3. The maximum Gasteiger partial charge on any atom is 0.248 e. The summed E-state index contributed by atoms with van der Waals surface area (Å²) in [4.78, 5) is 72.5. The number of amides is 3. The van der Waals surface area contributed by atoms with E-state index in [-0.39, 0.29) is 48.6 Å². The monoisotopic (exact) mass is 1100 g/mol. The average molecular weight is 1100 g/mol. The molecular weight excluding hydrogens is 1030 g/mol.